The zero-order chi connectivity index (χ0) is 15.9. The molecule has 22 heavy (non-hydrogen) atoms. The van der Waals surface area contributed by atoms with Crippen molar-refractivity contribution in [2.45, 2.75) is 25.4 Å². The first kappa shape index (κ1) is 17.2. The summed E-state index contributed by atoms with van der Waals surface area (Å²) >= 11 is 5.91. The molecule has 122 valence electrons. The van der Waals surface area contributed by atoms with E-state index in [2.05, 4.69) is 5.32 Å². The zero-order valence-electron chi connectivity index (χ0n) is 12.5. The fourth-order valence-electron chi connectivity index (χ4n) is 2.97. The van der Waals surface area contributed by atoms with Gasteiger partial charge in [-0.15, -0.1) is 0 Å². The number of likely N-dealkylation sites (tertiary alicyclic amines) is 1. The minimum Gasteiger partial charge on any atom is -0.396 e. The van der Waals surface area contributed by atoms with Crippen LogP contribution >= 0.6 is 11.6 Å². The van der Waals surface area contributed by atoms with Gasteiger partial charge < -0.3 is 15.5 Å². The highest BCUT2D eigenvalue weighted by atomic mass is 35.5. The van der Waals surface area contributed by atoms with Gasteiger partial charge in [-0.25, -0.2) is 0 Å². The summed E-state index contributed by atoms with van der Waals surface area (Å²) in [7, 11) is 0. The Morgan fingerprint density at radius 3 is 2.86 bits per heavy atom. The summed E-state index contributed by atoms with van der Waals surface area (Å²) in [6.07, 6.45) is 1.83. The third kappa shape index (κ3) is 4.68. The lowest BCUT2D eigenvalue weighted by atomic mass is 9.90. The molecule has 0 spiro atoms. The Balaban J connectivity index is 1.85. The summed E-state index contributed by atoms with van der Waals surface area (Å²) < 4.78 is 0. The van der Waals surface area contributed by atoms with Gasteiger partial charge in [-0.3, -0.25) is 9.69 Å². The van der Waals surface area contributed by atoms with Crippen LogP contribution in [0.15, 0.2) is 24.3 Å². The van der Waals surface area contributed by atoms with Crippen molar-refractivity contribution in [1.29, 1.82) is 0 Å². The number of halogens is 1. The maximum Gasteiger partial charge on any atom is 0.234 e. The van der Waals surface area contributed by atoms with Crippen molar-refractivity contribution in [1.82, 2.24) is 10.2 Å². The second-order valence-corrected chi connectivity index (χ2v) is 6.15. The fraction of sp³-hybridized carbons (Fsp3) is 0.562. The van der Waals surface area contributed by atoms with E-state index in [1.807, 2.05) is 23.1 Å². The van der Waals surface area contributed by atoms with E-state index in [1.54, 1.807) is 6.07 Å². The lowest BCUT2D eigenvalue weighted by Crippen LogP contribution is -2.51. The number of carbonyl (C=O) groups is 1. The molecule has 1 amide bonds. The number of benzene rings is 1. The van der Waals surface area contributed by atoms with Gasteiger partial charge in [0.15, 0.2) is 0 Å². The van der Waals surface area contributed by atoms with E-state index < -0.39 is 0 Å². The smallest absolute Gasteiger partial charge is 0.234 e. The summed E-state index contributed by atoms with van der Waals surface area (Å²) in [6.45, 7) is 1.45. The van der Waals surface area contributed by atoms with Gasteiger partial charge in [0.2, 0.25) is 5.91 Å². The van der Waals surface area contributed by atoms with E-state index in [0.29, 0.717) is 11.6 Å². The van der Waals surface area contributed by atoms with E-state index in [9.17, 15) is 15.0 Å². The van der Waals surface area contributed by atoms with Crippen LogP contribution in [0.1, 0.15) is 18.4 Å². The molecule has 2 atom stereocenters. The molecule has 2 rings (SSSR count). The first-order valence-corrected chi connectivity index (χ1v) is 7.98. The van der Waals surface area contributed by atoms with Crippen molar-refractivity contribution >= 4 is 17.5 Å². The molecule has 1 aromatic rings. The Labute approximate surface area is 135 Å². The summed E-state index contributed by atoms with van der Waals surface area (Å²) in [6, 6.07) is 7.23. The average molecular weight is 327 g/mol. The van der Waals surface area contributed by atoms with E-state index >= 15 is 0 Å². The first-order chi connectivity index (χ1) is 10.6. The van der Waals surface area contributed by atoms with Gasteiger partial charge in [0.1, 0.15) is 0 Å². The van der Waals surface area contributed by atoms with Crippen molar-refractivity contribution in [2.24, 2.45) is 5.92 Å². The summed E-state index contributed by atoms with van der Waals surface area (Å²) in [5.41, 5.74) is 0.950. The van der Waals surface area contributed by atoms with Gasteiger partial charge in [0.05, 0.1) is 13.2 Å². The number of aliphatic hydroxyl groups excluding tert-OH is 2. The minimum atomic E-state index is -0.143. The lowest BCUT2D eigenvalue weighted by Gasteiger charge is -2.39. The number of nitrogens with one attached hydrogen (secondary N) is 1. The molecule has 0 aromatic heterocycles. The minimum absolute atomic E-state index is 0.0349. The van der Waals surface area contributed by atoms with Crippen molar-refractivity contribution in [3.8, 4) is 0 Å². The Kier molecular flexibility index (Phi) is 6.64. The van der Waals surface area contributed by atoms with Gasteiger partial charge in [0, 0.05) is 24.2 Å². The van der Waals surface area contributed by atoms with Crippen LogP contribution in [0.3, 0.4) is 0 Å². The molecule has 1 aliphatic rings. The number of hydrogen-bond donors (Lipinski definition) is 3. The van der Waals surface area contributed by atoms with Crippen molar-refractivity contribution in [3.05, 3.63) is 34.9 Å². The number of rotatable bonds is 6. The molecule has 1 heterocycles. The van der Waals surface area contributed by atoms with Crippen LogP contribution in [-0.2, 0) is 11.3 Å². The number of carbonyl (C=O) groups excluding carboxylic acids is 1. The van der Waals surface area contributed by atoms with Crippen molar-refractivity contribution in [2.75, 3.05) is 26.3 Å². The van der Waals surface area contributed by atoms with E-state index in [0.717, 1.165) is 24.9 Å². The maximum atomic E-state index is 12.1. The third-order valence-corrected chi connectivity index (χ3v) is 4.42. The molecule has 0 unspecified atom stereocenters. The molecular formula is C16H23ClN2O3. The molecule has 6 heteroatoms. The number of amides is 1. The number of piperidine rings is 1. The van der Waals surface area contributed by atoms with Gasteiger partial charge in [0.25, 0.3) is 0 Å². The molecular weight excluding hydrogens is 304 g/mol. The largest absolute Gasteiger partial charge is 0.396 e. The number of nitrogens with zero attached hydrogens (tertiary/aromatic N) is 1. The fourth-order valence-corrected chi connectivity index (χ4v) is 3.19. The van der Waals surface area contributed by atoms with Gasteiger partial charge in [-0.05, 0) is 43.0 Å². The van der Waals surface area contributed by atoms with E-state index in [1.165, 1.54) is 0 Å². The van der Waals surface area contributed by atoms with Crippen molar-refractivity contribution in [3.63, 3.8) is 0 Å². The van der Waals surface area contributed by atoms with Crippen LogP contribution in [0.4, 0.5) is 0 Å². The quantitative estimate of drug-likeness (QED) is 0.730. The Bertz CT molecular complexity index is 498. The molecule has 1 aliphatic heterocycles. The predicted octanol–water partition coefficient (Wildman–Crippen LogP) is 1.02. The average Bonchev–Trinajstić information content (AvgIpc) is 2.52. The normalized spacial score (nSPS) is 22.5. The van der Waals surface area contributed by atoms with Crippen LogP contribution in [0.2, 0.25) is 5.02 Å². The standard InChI is InChI=1S/C16H23ClN2O3/c17-14-5-1-3-12(7-14)8-18-16(22)9-19-6-2-4-13(10-20)15(19)11-21/h1,3,5,7,13,15,20-21H,2,4,6,8-11H2,(H,18,22)/t13-,15+/m0/s1. The first-order valence-electron chi connectivity index (χ1n) is 7.61. The topological polar surface area (TPSA) is 72.8 Å². The highest BCUT2D eigenvalue weighted by Crippen LogP contribution is 2.22. The van der Waals surface area contributed by atoms with E-state index in [4.69, 9.17) is 11.6 Å². The van der Waals surface area contributed by atoms with Crippen LogP contribution in [0.5, 0.6) is 0 Å². The molecule has 3 N–H and O–H groups in total. The van der Waals surface area contributed by atoms with Crippen LogP contribution < -0.4 is 5.32 Å². The molecule has 0 saturated carbocycles. The van der Waals surface area contributed by atoms with Crippen molar-refractivity contribution < 1.29 is 15.0 Å². The predicted molar refractivity (Wildman–Crippen MR) is 85.6 cm³/mol. The monoisotopic (exact) mass is 326 g/mol. The second kappa shape index (κ2) is 8.48. The highest BCUT2D eigenvalue weighted by molar-refractivity contribution is 6.30. The molecule has 0 radical (unpaired) electrons. The Morgan fingerprint density at radius 2 is 2.18 bits per heavy atom. The van der Waals surface area contributed by atoms with Crippen LogP contribution in [-0.4, -0.2) is 53.4 Å². The summed E-state index contributed by atoms with van der Waals surface area (Å²) in [5.74, 6) is -0.0449. The molecule has 0 bridgehead atoms. The summed E-state index contributed by atoms with van der Waals surface area (Å²) in [5, 5.41) is 22.4. The van der Waals surface area contributed by atoms with Gasteiger partial charge in [-0.1, -0.05) is 23.7 Å². The molecule has 5 nitrogen and oxygen atoms in total. The second-order valence-electron chi connectivity index (χ2n) is 5.71. The SMILES string of the molecule is O=C(CN1CCC[C@@H](CO)[C@H]1CO)NCc1cccc(Cl)c1. The summed E-state index contributed by atoms with van der Waals surface area (Å²) in [4.78, 5) is 14.1. The van der Waals surface area contributed by atoms with Gasteiger partial charge >= 0.3 is 0 Å². The number of aliphatic hydroxyl groups is 2. The lowest BCUT2D eigenvalue weighted by molar-refractivity contribution is -0.124. The van der Waals surface area contributed by atoms with E-state index in [-0.39, 0.29) is 37.6 Å². The number of hydrogen-bond acceptors (Lipinski definition) is 4. The van der Waals surface area contributed by atoms with Crippen LogP contribution in [0.25, 0.3) is 0 Å². The maximum absolute atomic E-state index is 12.1. The van der Waals surface area contributed by atoms with Gasteiger partial charge in [-0.2, -0.15) is 0 Å². The highest BCUT2D eigenvalue weighted by Gasteiger charge is 2.31. The molecule has 1 aromatic carbocycles. The van der Waals surface area contributed by atoms with Crippen LogP contribution in [0, 0.1) is 5.92 Å². The Morgan fingerprint density at radius 1 is 1.36 bits per heavy atom. The molecule has 1 saturated heterocycles. The molecule has 0 aliphatic carbocycles. The zero-order valence-corrected chi connectivity index (χ0v) is 13.3. The Hall–Kier alpha value is -1.14. The molecule has 1 fully saturated rings. The third-order valence-electron chi connectivity index (χ3n) is 4.18.